The summed E-state index contributed by atoms with van der Waals surface area (Å²) >= 11 is 1.77. The fraction of sp³-hybridized carbons (Fsp3) is 0.545. The molecule has 0 saturated carbocycles. The van der Waals surface area contributed by atoms with Crippen molar-refractivity contribution in [2.24, 2.45) is 4.99 Å². The third kappa shape index (κ3) is 3.23. The van der Waals surface area contributed by atoms with E-state index in [1.54, 1.807) is 11.3 Å². The van der Waals surface area contributed by atoms with Gasteiger partial charge in [0.05, 0.1) is 6.54 Å². The van der Waals surface area contributed by atoms with E-state index in [0.29, 0.717) is 0 Å². The Morgan fingerprint density at radius 3 is 2.27 bits per heavy atom. The highest BCUT2D eigenvalue weighted by Crippen LogP contribution is 2.16. The van der Waals surface area contributed by atoms with Crippen molar-refractivity contribution in [2.45, 2.75) is 13.5 Å². The van der Waals surface area contributed by atoms with Gasteiger partial charge in [-0.25, -0.2) is 4.99 Å². The summed E-state index contributed by atoms with van der Waals surface area (Å²) in [6.45, 7) is 2.90. The Labute approximate surface area is 96.0 Å². The molecule has 0 atom stereocenters. The van der Waals surface area contributed by atoms with Gasteiger partial charge in [0, 0.05) is 33.1 Å². The molecule has 0 aliphatic carbocycles. The Bertz CT molecular complexity index is 329. The van der Waals surface area contributed by atoms with Crippen molar-refractivity contribution in [3.63, 3.8) is 0 Å². The first kappa shape index (κ1) is 12.0. The normalized spacial score (nSPS) is 9.93. The Balaban J connectivity index is 2.74. The second-order valence-electron chi connectivity index (χ2n) is 3.93. The van der Waals surface area contributed by atoms with E-state index in [9.17, 15) is 0 Å². The largest absolute Gasteiger partial charge is 0.349 e. The maximum absolute atomic E-state index is 4.60. The molecule has 0 radical (unpaired) electrons. The Hall–Kier alpha value is -1.03. The molecule has 1 heterocycles. The van der Waals surface area contributed by atoms with Gasteiger partial charge < -0.3 is 9.80 Å². The van der Waals surface area contributed by atoms with Gasteiger partial charge >= 0.3 is 0 Å². The second kappa shape index (κ2) is 5.16. The van der Waals surface area contributed by atoms with Crippen molar-refractivity contribution in [1.82, 2.24) is 9.80 Å². The molecule has 0 aliphatic rings. The number of hydrogen-bond acceptors (Lipinski definition) is 2. The van der Waals surface area contributed by atoms with Crippen LogP contribution in [0.25, 0.3) is 0 Å². The summed E-state index contributed by atoms with van der Waals surface area (Å²) in [6.07, 6.45) is 0. The highest BCUT2D eigenvalue weighted by Gasteiger charge is 2.05. The average Bonchev–Trinajstić information content (AvgIpc) is 2.51. The molecule has 0 aliphatic heterocycles. The fourth-order valence-electron chi connectivity index (χ4n) is 1.39. The van der Waals surface area contributed by atoms with Gasteiger partial charge in [-0.2, -0.15) is 0 Å². The minimum absolute atomic E-state index is 0.773. The average molecular weight is 225 g/mol. The van der Waals surface area contributed by atoms with Crippen molar-refractivity contribution in [3.05, 3.63) is 21.9 Å². The lowest BCUT2D eigenvalue weighted by atomic mass is 10.3. The molecule has 0 N–H and O–H groups in total. The zero-order valence-electron chi connectivity index (χ0n) is 10.1. The molecule has 84 valence electrons. The molecular weight excluding hydrogens is 206 g/mol. The lowest BCUT2D eigenvalue weighted by molar-refractivity contribution is 0.479. The maximum atomic E-state index is 4.60. The van der Waals surface area contributed by atoms with Crippen LogP contribution in [0.4, 0.5) is 0 Å². The van der Waals surface area contributed by atoms with E-state index >= 15 is 0 Å². The van der Waals surface area contributed by atoms with Crippen LogP contribution in [0.3, 0.4) is 0 Å². The van der Waals surface area contributed by atoms with Gasteiger partial charge in [0.25, 0.3) is 0 Å². The van der Waals surface area contributed by atoms with E-state index in [0.717, 1.165) is 12.5 Å². The van der Waals surface area contributed by atoms with E-state index < -0.39 is 0 Å². The van der Waals surface area contributed by atoms with Gasteiger partial charge in [0.2, 0.25) is 0 Å². The van der Waals surface area contributed by atoms with Crippen molar-refractivity contribution < 1.29 is 0 Å². The van der Waals surface area contributed by atoms with Crippen LogP contribution in [-0.2, 0) is 6.54 Å². The first-order valence-corrected chi connectivity index (χ1v) is 5.82. The van der Waals surface area contributed by atoms with Crippen LogP contribution in [0.15, 0.2) is 16.4 Å². The Morgan fingerprint density at radius 2 is 1.87 bits per heavy atom. The molecule has 1 aromatic rings. The molecule has 0 fully saturated rings. The van der Waals surface area contributed by atoms with Crippen molar-refractivity contribution in [1.29, 1.82) is 0 Å². The molecule has 0 saturated heterocycles. The summed E-state index contributed by atoms with van der Waals surface area (Å²) in [4.78, 5) is 10.0. The van der Waals surface area contributed by atoms with Gasteiger partial charge in [0.15, 0.2) is 5.96 Å². The van der Waals surface area contributed by atoms with Crippen LogP contribution < -0.4 is 0 Å². The second-order valence-corrected chi connectivity index (χ2v) is 4.93. The quantitative estimate of drug-likeness (QED) is 0.566. The zero-order valence-corrected chi connectivity index (χ0v) is 10.9. The molecule has 0 amide bonds. The van der Waals surface area contributed by atoms with Gasteiger partial charge in [0.1, 0.15) is 0 Å². The topological polar surface area (TPSA) is 18.8 Å². The zero-order chi connectivity index (χ0) is 11.4. The van der Waals surface area contributed by atoms with Crippen molar-refractivity contribution in [3.8, 4) is 0 Å². The third-order valence-corrected chi connectivity index (χ3v) is 3.14. The van der Waals surface area contributed by atoms with E-state index in [1.807, 2.05) is 38.0 Å². The number of nitrogens with zero attached hydrogens (tertiary/aromatic N) is 3. The van der Waals surface area contributed by atoms with E-state index in [-0.39, 0.29) is 0 Å². The molecule has 1 aromatic heterocycles. The van der Waals surface area contributed by atoms with Crippen molar-refractivity contribution in [2.75, 3.05) is 28.2 Å². The van der Waals surface area contributed by atoms with E-state index in [2.05, 4.69) is 23.4 Å². The van der Waals surface area contributed by atoms with Crippen LogP contribution in [0.5, 0.6) is 0 Å². The fourth-order valence-corrected chi connectivity index (χ4v) is 2.22. The molecule has 4 heteroatoms. The smallest absolute Gasteiger partial charge is 0.195 e. The first-order chi connectivity index (χ1) is 7.02. The third-order valence-electron chi connectivity index (χ3n) is 2.13. The first-order valence-electron chi connectivity index (χ1n) is 4.94. The summed E-state index contributed by atoms with van der Waals surface area (Å²) in [5, 5.41) is 2.12. The Morgan fingerprint density at radius 1 is 1.27 bits per heavy atom. The number of rotatable bonds is 2. The minimum Gasteiger partial charge on any atom is -0.349 e. The van der Waals surface area contributed by atoms with Crippen LogP contribution in [-0.4, -0.2) is 44.0 Å². The number of thiophene rings is 1. The predicted molar refractivity (Wildman–Crippen MR) is 67.6 cm³/mol. The number of aliphatic imine (C=N–C) groups is 1. The van der Waals surface area contributed by atoms with E-state index in [4.69, 9.17) is 0 Å². The lowest BCUT2D eigenvalue weighted by Gasteiger charge is -2.22. The number of guanidine groups is 1. The number of hydrogen-bond donors (Lipinski definition) is 0. The van der Waals surface area contributed by atoms with Gasteiger partial charge in [-0.15, -0.1) is 11.3 Å². The lowest BCUT2D eigenvalue weighted by Crippen LogP contribution is -2.35. The molecule has 0 aromatic carbocycles. The molecule has 1 rings (SSSR count). The van der Waals surface area contributed by atoms with Crippen LogP contribution in [0, 0.1) is 6.92 Å². The monoisotopic (exact) mass is 225 g/mol. The summed E-state index contributed by atoms with van der Waals surface area (Å²) in [5.41, 5.74) is 1.33. The van der Waals surface area contributed by atoms with Crippen LogP contribution in [0.1, 0.15) is 10.4 Å². The highest BCUT2D eigenvalue weighted by molar-refractivity contribution is 7.10. The van der Waals surface area contributed by atoms with Crippen molar-refractivity contribution >= 4 is 17.3 Å². The molecule has 0 spiro atoms. The Kier molecular flexibility index (Phi) is 4.15. The SMILES string of the molecule is Cc1ccsc1CN=C(N(C)C)N(C)C. The summed E-state index contributed by atoms with van der Waals surface area (Å²) in [5.74, 6) is 1.00. The van der Waals surface area contributed by atoms with Gasteiger partial charge in [-0.3, -0.25) is 0 Å². The minimum atomic E-state index is 0.773. The predicted octanol–water partition coefficient (Wildman–Crippen LogP) is 2.04. The molecular formula is C11H19N3S. The van der Waals surface area contributed by atoms with Crippen LogP contribution in [0.2, 0.25) is 0 Å². The summed E-state index contributed by atoms with van der Waals surface area (Å²) in [6, 6.07) is 2.14. The summed E-state index contributed by atoms with van der Waals surface area (Å²) in [7, 11) is 8.06. The maximum Gasteiger partial charge on any atom is 0.195 e. The summed E-state index contributed by atoms with van der Waals surface area (Å²) < 4.78 is 0. The highest BCUT2D eigenvalue weighted by atomic mass is 32.1. The van der Waals surface area contributed by atoms with Crippen LogP contribution >= 0.6 is 11.3 Å². The van der Waals surface area contributed by atoms with E-state index in [1.165, 1.54) is 10.4 Å². The molecule has 0 unspecified atom stereocenters. The van der Waals surface area contributed by atoms with Gasteiger partial charge in [-0.05, 0) is 23.9 Å². The molecule has 0 bridgehead atoms. The molecule has 3 nitrogen and oxygen atoms in total. The number of aryl methyl sites for hydroxylation is 1. The molecule has 15 heavy (non-hydrogen) atoms. The van der Waals surface area contributed by atoms with Gasteiger partial charge in [-0.1, -0.05) is 0 Å². The standard InChI is InChI=1S/C11H19N3S/c1-9-6-7-15-10(9)8-12-11(13(2)3)14(4)5/h6-7H,8H2,1-5H3.